The summed E-state index contributed by atoms with van der Waals surface area (Å²) < 4.78 is 64.7. The summed E-state index contributed by atoms with van der Waals surface area (Å²) in [6.07, 6.45) is -1.76. The van der Waals surface area contributed by atoms with Crippen LogP contribution in [0.15, 0.2) is 43.2 Å². The molecule has 1 amide bonds. The lowest BCUT2D eigenvalue weighted by Gasteiger charge is -2.32. The number of nitrogen functional groups attached to an aromatic ring is 1. The topological polar surface area (TPSA) is 136 Å². The van der Waals surface area contributed by atoms with Gasteiger partial charge in [0.2, 0.25) is 15.9 Å². The third kappa shape index (κ3) is 6.25. The molecule has 4 rings (SSSR count). The fourth-order valence-corrected chi connectivity index (χ4v) is 5.26. The number of carbonyl (C=O) groups excluding carboxylic acids is 1. The minimum Gasteiger partial charge on any atom is -0.383 e. The summed E-state index contributed by atoms with van der Waals surface area (Å²) in [6.45, 7) is 4.47. The van der Waals surface area contributed by atoms with Crippen molar-refractivity contribution in [2.45, 2.75) is 38.0 Å². The molecule has 37 heavy (non-hydrogen) atoms. The van der Waals surface area contributed by atoms with Crippen molar-refractivity contribution in [1.82, 2.24) is 29.4 Å². The number of alkyl halides is 3. The highest BCUT2D eigenvalue weighted by Crippen LogP contribution is 2.34. The Morgan fingerprint density at radius 1 is 1.24 bits per heavy atom. The molecule has 3 N–H and O–H groups in total. The van der Waals surface area contributed by atoms with E-state index in [2.05, 4.69) is 21.3 Å². The molecule has 198 valence electrons. The van der Waals surface area contributed by atoms with Crippen molar-refractivity contribution >= 4 is 32.8 Å². The van der Waals surface area contributed by atoms with Gasteiger partial charge in [-0.3, -0.25) is 4.79 Å². The van der Waals surface area contributed by atoms with Gasteiger partial charge in [0.05, 0.1) is 23.6 Å². The first-order valence-corrected chi connectivity index (χ1v) is 13.2. The van der Waals surface area contributed by atoms with E-state index in [1.165, 1.54) is 12.4 Å². The highest BCUT2D eigenvalue weighted by atomic mass is 32.2. The monoisotopic (exact) mass is 537 g/mol. The summed E-state index contributed by atoms with van der Waals surface area (Å²) in [5.74, 6) is -0.948. The summed E-state index contributed by atoms with van der Waals surface area (Å²) in [7, 11) is -4.08. The van der Waals surface area contributed by atoms with Gasteiger partial charge in [0.15, 0.2) is 5.65 Å². The maximum absolute atomic E-state index is 12.3. The number of rotatable bonds is 8. The molecule has 3 heterocycles. The summed E-state index contributed by atoms with van der Waals surface area (Å²) >= 11 is 0. The highest BCUT2D eigenvalue weighted by molar-refractivity contribution is 7.89. The number of benzene rings is 1. The number of carbonyl (C=O) groups is 1. The largest absolute Gasteiger partial charge is 0.390 e. The molecular weight excluding hydrogens is 511 g/mol. The van der Waals surface area contributed by atoms with Gasteiger partial charge >= 0.3 is 6.18 Å². The van der Waals surface area contributed by atoms with Crippen molar-refractivity contribution in [2.24, 2.45) is 0 Å². The Balaban J connectivity index is 1.57. The second kappa shape index (κ2) is 10.5. The van der Waals surface area contributed by atoms with Crippen LogP contribution in [-0.4, -0.2) is 64.0 Å². The number of nitrogens with zero attached hydrogens (tertiary/aromatic N) is 5. The van der Waals surface area contributed by atoms with Gasteiger partial charge < -0.3 is 10.6 Å². The Morgan fingerprint density at radius 2 is 1.97 bits per heavy atom. The molecule has 1 aromatic carbocycles. The molecule has 10 nitrogen and oxygen atoms in total. The zero-order valence-corrected chi connectivity index (χ0v) is 20.6. The number of nitrogens with two attached hydrogens (primary N) is 1. The summed E-state index contributed by atoms with van der Waals surface area (Å²) in [5.41, 5.74) is 8.46. The van der Waals surface area contributed by atoms with Gasteiger partial charge in [-0.2, -0.15) is 18.3 Å². The first-order valence-electron chi connectivity index (χ1n) is 11.5. The van der Waals surface area contributed by atoms with Crippen LogP contribution >= 0.6 is 0 Å². The molecule has 0 saturated carbocycles. The molecule has 0 spiro atoms. The number of piperidine rings is 1. The van der Waals surface area contributed by atoms with Gasteiger partial charge in [-0.05, 0) is 24.5 Å². The lowest BCUT2D eigenvalue weighted by molar-refractivity contribution is -0.130. The van der Waals surface area contributed by atoms with Crippen LogP contribution in [0.4, 0.5) is 19.0 Å². The van der Waals surface area contributed by atoms with Crippen molar-refractivity contribution in [3.63, 3.8) is 0 Å². The van der Waals surface area contributed by atoms with Crippen molar-refractivity contribution in [3.8, 4) is 11.3 Å². The number of likely N-dealkylation sites (tertiary alicyclic amines) is 1. The first kappa shape index (κ1) is 26.5. The van der Waals surface area contributed by atoms with Gasteiger partial charge in [-0.25, -0.2) is 27.8 Å². The maximum atomic E-state index is 12.3. The van der Waals surface area contributed by atoms with E-state index in [-0.39, 0.29) is 24.3 Å². The molecule has 1 fully saturated rings. The van der Waals surface area contributed by atoms with Crippen molar-refractivity contribution in [3.05, 3.63) is 48.8 Å². The van der Waals surface area contributed by atoms with Crippen LogP contribution in [0.2, 0.25) is 0 Å². The van der Waals surface area contributed by atoms with Crippen molar-refractivity contribution < 1.29 is 26.4 Å². The summed E-state index contributed by atoms with van der Waals surface area (Å²) in [4.78, 5) is 22.4. The number of amides is 1. The van der Waals surface area contributed by atoms with Crippen molar-refractivity contribution in [2.75, 3.05) is 24.6 Å². The fraction of sp³-hybridized carbons (Fsp3) is 0.391. The zero-order valence-electron chi connectivity index (χ0n) is 19.8. The minimum atomic E-state index is -4.55. The number of sulfonamides is 1. The number of aromatic nitrogens is 4. The molecule has 2 aromatic heterocycles. The molecular formula is C23H26F3N7O3S. The smallest absolute Gasteiger partial charge is 0.383 e. The van der Waals surface area contributed by atoms with E-state index in [0.29, 0.717) is 40.9 Å². The predicted molar refractivity (Wildman–Crippen MR) is 132 cm³/mol. The lowest BCUT2D eigenvalue weighted by Crippen LogP contribution is -2.40. The average Bonchev–Trinajstić information content (AvgIpc) is 3.27. The first-order chi connectivity index (χ1) is 17.5. The van der Waals surface area contributed by atoms with Gasteiger partial charge in [0.25, 0.3) is 0 Å². The molecule has 1 aliphatic heterocycles. The molecule has 1 saturated heterocycles. The van der Waals surface area contributed by atoms with Crippen LogP contribution < -0.4 is 10.5 Å². The molecule has 1 atom stereocenters. The molecule has 0 bridgehead atoms. The third-order valence-electron chi connectivity index (χ3n) is 6.12. The quantitative estimate of drug-likeness (QED) is 0.422. The standard InChI is InChI=1S/C23H26F3N7O3S/c1-2-18(34)32-10-3-4-17(13-32)33-22-19(21(27)28-14-29-22)20(31-33)16-7-5-15(6-8-16)12-30-37(35,36)11-9-23(24,25)26/h2,5-8,14,17,30H,1,3-4,9-13H2,(H2,27,28,29). The van der Waals surface area contributed by atoms with Gasteiger partial charge in [0.1, 0.15) is 17.8 Å². The van der Waals surface area contributed by atoms with E-state index >= 15 is 0 Å². The normalized spacial score (nSPS) is 16.7. The van der Waals surface area contributed by atoms with Gasteiger partial charge in [-0.1, -0.05) is 30.8 Å². The number of hydrogen-bond acceptors (Lipinski definition) is 7. The average molecular weight is 538 g/mol. The molecule has 3 aromatic rings. The second-order valence-electron chi connectivity index (χ2n) is 8.74. The van der Waals surface area contributed by atoms with E-state index in [1.54, 1.807) is 33.8 Å². The Hall–Kier alpha value is -3.52. The van der Waals surface area contributed by atoms with Crippen LogP contribution in [0.5, 0.6) is 0 Å². The number of nitrogens with one attached hydrogen (secondary N) is 1. The SMILES string of the molecule is C=CC(=O)N1CCCC(n2nc(-c3ccc(CNS(=O)(=O)CCC(F)(F)F)cc3)c3c(N)ncnc32)C1. The summed E-state index contributed by atoms with van der Waals surface area (Å²) in [6, 6.07) is 6.60. The van der Waals surface area contributed by atoms with Gasteiger partial charge in [-0.15, -0.1) is 0 Å². The lowest BCUT2D eigenvalue weighted by atomic mass is 10.1. The van der Waals surface area contributed by atoms with E-state index < -0.39 is 28.4 Å². The van der Waals surface area contributed by atoms with Crippen molar-refractivity contribution in [1.29, 1.82) is 0 Å². The van der Waals surface area contributed by atoms with E-state index in [0.717, 1.165) is 12.8 Å². The Morgan fingerprint density at radius 3 is 2.65 bits per heavy atom. The van der Waals surface area contributed by atoms with Crippen LogP contribution in [0.1, 0.15) is 30.9 Å². The molecule has 0 aliphatic carbocycles. The van der Waals surface area contributed by atoms with Gasteiger partial charge in [0, 0.05) is 25.2 Å². The Labute approximate surface area is 211 Å². The number of fused-ring (bicyclic) bond motifs is 1. The molecule has 1 unspecified atom stereocenters. The van der Waals surface area contributed by atoms with Crippen LogP contribution in [0.3, 0.4) is 0 Å². The van der Waals surface area contributed by atoms with E-state index in [4.69, 9.17) is 10.8 Å². The highest BCUT2D eigenvalue weighted by Gasteiger charge is 2.30. The van der Waals surface area contributed by atoms with Crippen LogP contribution in [0.25, 0.3) is 22.3 Å². The zero-order chi connectivity index (χ0) is 26.8. The van der Waals surface area contributed by atoms with Crippen LogP contribution in [-0.2, 0) is 21.4 Å². The summed E-state index contributed by atoms with van der Waals surface area (Å²) in [5, 5.41) is 5.33. The maximum Gasteiger partial charge on any atom is 0.390 e. The number of anilines is 1. The Bertz CT molecular complexity index is 1410. The molecule has 1 aliphatic rings. The molecule has 0 radical (unpaired) electrons. The number of halogens is 3. The number of hydrogen-bond donors (Lipinski definition) is 2. The minimum absolute atomic E-state index is 0.131. The molecule has 14 heteroatoms. The Kier molecular flexibility index (Phi) is 7.50. The third-order valence-corrected chi connectivity index (χ3v) is 7.45. The predicted octanol–water partition coefficient (Wildman–Crippen LogP) is 2.80. The van der Waals surface area contributed by atoms with Crippen LogP contribution in [0, 0.1) is 0 Å². The van der Waals surface area contributed by atoms with E-state index in [9.17, 15) is 26.4 Å². The second-order valence-corrected chi connectivity index (χ2v) is 10.7. The van der Waals surface area contributed by atoms with E-state index in [1.807, 2.05) is 0 Å². The fourth-order valence-electron chi connectivity index (χ4n) is 4.23.